The first-order valence-electron chi connectivity index (χ1n) is 6.50. The molecule has 0 spiro atoms. The third-order valence-corrected chi connectivity index (χ3v) is 3.51. The van der Waals surface area contributed by atoms with Gasteiger partial charge in [-0.2, -0.15) is 0 Å². The van der Waals surface area contributed by atoms with Crippen molar-refractivity contribution in [3.8, 4) is 5.75 Å². The van der Waals surface area contributed by atoms with E-state index in [1.54, 1.807) is 18.2 Å². The van der Waals surface area contributed by atoms with E-state index in [0.717, 1.165) is 12.0 Å². The Kier molecular flexibility index (Phi) is 4.65. The zero-order chi connectivity index (χ0) is 15.4. The summed E-state index contributed by atoms with van der Waals surface area (Å²) >= 11 is 5.80. The van der Waals surface area contributed by atoms with Crippen LogP contribution in [-0.2, 0) is 0 Å². The molecule has 6 heteroatoms. The van der Waals surface area contributed by atoms with Gasteiger partial charge in [-0.3, -0.25) is 10.1 Å². The number of aromatic hydroxyl groups is 1. The van der Waals surface area contributed by atoms with Crippen molar-refractivity contribution in [1.82, 2.24) is 0 Å². The summed E-state index contributed by atoms with van der Waals surface area (Å²) in [5.74, 6) is 0.204. The van der Waals surface area contributed by atoms with E-state index in [1.165, 1.54) is 12.1 Å². The van der Waals surface area contributed by atoms with Crippen LogP contribution in [0.2, 0.25) is 5.02 Å². The second-order valence-electron chi connectivity index (χ2n) is 4.62. The first-order valence-corrected chi connectivity index (χ1v) is 6.88. The van der Waals surface area contributed by atoms with E-state index in [0.29, 0.717) is 5.69 Å². The predicted octanol–water partition coefficient (Wildman–Crippen LogP) is 4.52. The monoisotopic (exact) mass is 306 g/mol. The number of nitro groups is 1. The van der Waals surface area contributed by atoms with Gasteiger partial charge in [0.2, 0.25) is 0 Å². The minimum Gasteiger partial charge on any atom is -0.508 e. The molecule has 0 saturated heterocycles. The standard InChI is InChI=1S/C15H15ClN2O3/c1-2-14(10-3-6-12(19)7-4-10)17-11-5-8-13(16)15(9-11)18(20)21/h3-9,14,17,19H,2H2,1H3. The predicted molar refractivity (Wildman–Crippen MR) is 82.9 cm³/mol. The smallest absolute Gasteiger partial charge is 0.289 e. The first-order chi connectivity index (χ1) is 10.0. The molecule has 2 aromatic carbocycles. The Morgan fingerprint density at radius 2 is 1.95 bits per heavy atom. The quantitative estimate of drug-likeness (QED) is 0.629. The molecule has 0 amide bonds. The fourth-order valence-corrected chi connectivity index (χ4v) is 2.26. The molecule has 110 valence electrons. The summed E-state index contributed by atoms with van der Waals surface area (Å²) in [5, 5.41) is 23.6. The Hall–Kier alpha value is -2.27. The molecule has 0 fully saturated rings. The molecule has 0 aliphatic rings. The fourth-order valence-electron chi connectivity index (χ4n) is 2.07. The summed E-state index contributed by atoms with van der Waals surface area (Å²) in [5.41, 5.74) is 1.50. The number of halogens is 1. The molecule has 5 nitrogen and oxygen atoms in total. The molecule has 0 saturated carbocycles. The van der Waals surface area contributed by atoms with Crippen molar-refractivity contribution in [3.05, 3.63) is 63.2 Å². The second kappa shape index (κ2) is 6.45. The van der Waals surface area contributed by atoms with Crippen molar-refractivity contribution in [2.75, 3.05) is 5.32 Å². The van der Waals surface area contributed by atoms with Crippen LogP contribution in [-0.4, -0.2) is 10.0 Å². The van der Waals surface area contributed by atoms with Crippen LogP contribution < -0.4 is 5.32 Å². The van der Waals surface area contributed by atoms with Gasteiger partial charge < -0.3 is 10.4 Å². The zero-order valence-corrected chi connectivity index (χ0v) is 12.2. The van der Waals surface area contributed by atoms with Gasteiger partial charge in [0.15, 0.2) is 0 Å². The molecule has 2 N–H and O–H groups in total. The summed E-state index contributed by atoms with van der Waals surface area (Å²) in [4.78, 5) is 10.4. The molecule has 0 aliphatic heterocycles. The molecule has 2 aromatic rings. The summed E-state index contributed by atoms with van der Waals surface area (Å²) in [6.07, 6.45) is 0.793. The van der Waals surface area contributed by atoms with Crippen LogP contribution in [0.25, 0.3) is 0 Å². The summed E-state index contributed by atoms with van der Waals surface area (Å²) in [6.45, 7) is 2.01. The Labute approximate surface area is 127 Å². The van der Waals surface area contributed by atoms with Crippen LogP contribution >= 0.6 is 11.6 Å². The van der Waals surface area contributed by atoms with Crippen molar-refractivity contribution >= 4 is 23.0 Å². The van der Waals surface area contributed by atoms with Gasteiger partial charge in [0.1, 0.15) is 10.8 Å². The molecule has 21 heavy (non-hydrogen) atoms. The molecular formula is C15H15ClN2O3. The number of rotatable bonds is 5. The summed E-state index contributed by atoms with van der Waals surface area (Å²) in [6, 6.07) is 11.5. The highest BCUT2D eigenvalue weighted by atomic mass is 35.5. The Balaban J connectivity index is 2.24. The van der Waals surface area contributed by atoms with Gasteiger partial charge in [-0.1, -0.05) is 30.7 Å². The van der Waals surface area contributed by atoms with Gasteiger partial charge in [-0.15, -0.1) is 0 Å². The lowest BCUT2D eigenvalue weighted by Crippen LogP contribution is -2.09. The average molecular weight is 307 g/mol. The lowest BCUT2D eigenvalue weighted by molar-refractivity contribution is -0.384. The van der Waals surface area contributed by atoms with Crippen LogP contribution in [0.5, 0.6) is 5.75 Å². The largest absolute Gasteiger partial charge is 0.508 e. The van der Waals surface area contributed by atoms with Crippen molar-refractivity contribution < 1.29 is 10.0 Å². The van der Waals surface area contributed by atoms with Crippen LogP contribution in [0.15, 0.2) is 42.5 Å². The highest BCUT2D eigenvalue weighted by molar-refractivity contribution is 6.32. The molecular weight excluding hydrogens is 292 g/mol. The molecule has 1 atom stereocenters. The number of hydrogen-bond donors (Lipinski definition) is 2. The Bertz CT molecular complexity index is 644. The average Bonchev–Trinajstić information content (AvgIpc) is 2.47. The van der Waals surface area contributed by atoms with Gasteiger partial charge in [-0.25, -0.2) is 0 Å². The lowest BCUT2D eigenvalue weighted by atomic mass is 10.0. The highest BCUT2D eigenvalue weighted by Crippen LogP contribution is 2.30. The van der Waals surface area contributed by atoms with Crippen LogP contribution in [0.3, 0.4) is 0 Å². The molecule has 2 rings (SSSR count). The van der Waals surface area contributed by atoms with Crippen LogP contribution in [0.1, 0.15) is 24.9 Å². The summed E-state index contributed by atoms with van der Waals surface area (Å²) < 4.78 is 0. The normalized spacial score (nSPS) is 11.9. The number of phenolic OH excluding ortho intramolecular Hbond substituents is 1. The molecule has 1 unspecified atom stereocenters. The van der Waals surface area contributed by atoms with Crippen molar-refractivity contribution in [2.45, 2.75) is 19.4 Å². The second-order valence-corrected chi connectivity index (χ2v) is 5.03. The van der Waals surface area contributed by atoms with Gasteiger partial charge in [0.05, 0.1) is 11.0 Å². The molecule has 0 heterocycles. The highest BCUT2D eigenvalue weighted by Gasteiger charge is 2.15. The maximum Gasteiger partial charge on any atom is 0.289 e. The lowest BCUT2D eigenvalue weighted by Gasteiger charge is -2.19. The first kappa shape index (κ1) is 15.1. The van der Waals surface area contributed by atoms with Crippen molar-refractivity contribution in [1.29, 1.82) is 0 Å². The number of nitrogens with zero attached hydrogens (tertiary/aromatic N) is 1. The van der Waals surface area contributed by atoms with E-state index in [1.807, 2.05) is 19.1 Å². The van der Waals surface area contributed by atoms with Gasteiger partial charge in [0, 0.05) is 11.8 Å². The number of phenols is 1. The molecule has 0 bridgehead atoms. The molecule has 0 aliphatic carbocycles. The minimum atomic E-state index is -0.505. The maximum atomic E-state index is 10.9. The SMILES string of the molecule is CCC(Nc1ccc(Cl)c([N+](=O)[O-])c1)c1ccc(O)cc1. The van der Waals surface area contributed by atoms with Gasteiger partial charge >= 0.3 is 0 Å². The van der Waals surface area contributed by atoms with Gasteiger partial charge in [-0.05, 0) is 36.2 Å². The number of nitro benzene ring substituents is 1. The Morgan fingerprint density at radius 1 is 1.29 bits per heavy atom. The van der Waals surface area contributed by atoms with E-state index in [-0.39, 0.29) is 22.5 Å². The van der Waals surface area contributed by atoms with Gasteiger partial charge in [0.25, 0.3) is 5.69 Å². The van der Waals surface area contributed by atoms with E-state index in [4.69, 9.17) is 11.6 Å². The van der Waals surface area contributed by atoms with Crippen molar-refractivity contribution in [2.24, 2.45) is 0 Å². The van der Waals surface area contributed by atoms with E-state index in [2.05, 4.69) is 5.32 Å². The fraction of sp³-hybridized carbons (Fsp3) is 0.200. The molecule has 0 radical (unpaired) electrons. The minimum absolute atomic E-state index is 0.00798. The van der Waals surface area contributed by atoms with Crippen molar-refractivity contribution in [3.63, 3.8) is 0 Å². The topological polar surface area (TPSA) is 75.4 Å². The van der Waals surface area contributed by atoms with E-state index < -0.39 is 4.92 Å². The third kappa shape index (κ3) is 3.64. The van der Waals surface area contributed by atoms with Crippen LogP contribution in [0.4, 0.5) is 11.4 Å². The summed E-state index contributed by atoms with van der Waals surface area (Å²) in [7, 11) is 0. The van der Waals surface area contributed by atoms with E-state index in [9.17, 15) is 15.2 Å². The number of anilines is 1. The third-order valence-electron chi connectivity index (χ3n) is 3.19. The number of benzene rings is 2. The van der Waals surface area contributed by atoms with Crippen LogP contribution in [0, 0.1) is 10.1 Å². The number of hydrogen-bond acceptors (Lipinski definition) is 4. The maximum absolute atomic E-state index is 10.9. The van der Waals surface area contributed by atoms with E-state index >= 15 is 0 Å². The number of nitrogens with one attached hydrogen (secondary N) is 1. The Morgan fingerprint density at radius 3 is 2.52 bits per heavy atom. The molecule has 0 aromatic heterocycles. The zero-order valence-electron chi connectivity index (χ0n) is 11.4.